The molecular weight excluding hydrogens is 238 g/mol. The van der Waals surface area contributed by atoms with Gasteiger partial charge in [0.15, 0.2) is 0 Å². The molecule has 0 fully saturated rings. The van der Waals surface area contributed by atoms with E-state index in [0.29, 0.717) is 6.04 Å². The summed E-state index contributed by atoms with van der Waals surface area (Å²) in [5.74, 6) is -0.0325. The zero-order valence-electron chi connectivity index (χ0n) is 11.0. The summed E-state index contributed by atoms with van der Waals surface area (Å²) in [6.07, 6.45) is 9.10. The number of hydrogen-bond acceptors (Lipinski definition) is 2. The van der Waals surface area contributed by atoms with Crippen LogP contribution in [0.4, 0.5) is 5.69 Å². The first-order valence-electron chi connectivity index (χ1n) is 6.62. The number of amides is 1. The smallest absolute Gasteiger partial charge is 0.221 e. The molecule has 1 unspecified atom stereocenters. The van der Waals surface area contributed by atoms with Gasteiger partial charge in [0.2, 0.25) is 5.91 Å². The topological polar surface area (TPSA) is 46.9 Å². The van der Waals surface area contributed by atoms with Gasteiger partial charge < -0.3 is 9.88 Å². The van der Waals surface area contributed by atoms with Crippen molar-refractivity contribution in [3.63, 3.8) is 0 Å². The van der Waals surface area contributed by atoms with Gasteiger partial charge >= 0.3 is 0 Å². The number of carbonyl (C=O) groups excluding carboxylic acids is 1. The molecule has 1 aromatic heterocycles. The molecule has 1 atom stereocenters. The highest BCUT2D eigenvalue weighted by atomic mass is 16.1. The highest BCUT2D eigenvalue weighted by Crippen LogP contribution is 2.34. The maximum absolute atomic E-state index is 11.2. The van der Waals surface area contributed by atoms with Crippen LogP contribution in [0, 0.1) is 0 Å². The van der Waals surface area contributed by atoms with Crippen LogP contribution >= 0.6 is 0 Å². The number of aryl methyl sites for hydroxylation is 1. The lowest BCUT2D eigenvalue weighted by molar-refractivity contribution is -0.114. The standard InChI is InChI=1S/C15H17N3O/c1-11(19)17-13-6-5-12-3-2-4-15(14(12)9-13)18-8-7-16-10-18/h5-10,15H,2-4H2,1H3,(H,17,19). The van der Waals surface area contributed by atoms with Crippen LogP contribution in [0.3, 0.4) is 0 Å². The van der Waals surface area contributed by atoms with Crippen molar-refractivity contribution in [2.24, 2.45) is 0 Å². The van der Waals surface area contributed by atoms with Gasteiger partial charge in [-0.1, -0.05) is 6.07 Å². The van der Waals surface area contributed by atoms with Crippen molar-refractivity contribution in [1.82, 2.24) is 9.55 Å². The first-order chi connectivity index (χ1) is 9.24. The van der Waals surface area contributed by atoms with Crippen LogP contribution in [0.15, 0.2) is 36.9 Å². The third-order valence-electron chi connectivity index (χ3n) is 3.63. The summed E-state index contributed by atoms with van der Waals surface area (Å²) in [5.41, 5.74) is 3.55. The quantitative estimate of drug-likeness (QED) is 0.897. The molecule has 1 aliphatic carbocycles. The zero-order chi connectivity index (χ0) is 13.2. The number of hydrogen-bond donors (Lipinski definition) is 1. The van der Waals surface area contributed by atoms with Crippen molar-refractivity contribution in [2.75, 3.05) is 5.32 Å². The van der Waals surface area contributed by atoms with E-state index < -0.39 is 0 Å². The normalized spacial score (nSPS) is 17.8. The second kappa shape index (κ2) is 4.88. The molecule has 0 bridgehead atoms. The van der Waals surface area contributed by atoms with E-state index >= 15 is 0 Å². The van der Waals surface area contributed by atoms with E-state index in [1.165, 1.54) is 24.5 Å². The predicted molar refractivity (Wildman–Crippen MR) is 74.0 cm³/mol. The Kier molecular flexibility index (Phi) is 3.07. The molecule has 1 heterocycles. The number of nitrogens with zero attached hydrogens (tertiary/aromatic N) is 2. The van der Waals surface area contributed by atoms with Gasteiger partial charge in [0.1, 0.15) is 0 Å². The van der Waals surface area contributed by atoms with Gasteiger partial charge in [-0.15, -0.1) is 0 Å². The van der Waals surface area contributed by atoms with Gasteiger partial charge in [-0.3, -0.25) is 4.79 Å². The Hall–Kier alpha value is -2.10. The number of anilines is 1. The molecule has 0 saturated heterocycles. The van der Waals surface area contributed by atoms with E-state index in [9.17, 15) is 4.79 Å². The summed E-state index contributed by atoms with van der Waals surface area (Å²) < 4.78 is 2.15. The molecular formula is C15H17N3O. The number of fused-ring (bicyclic) bond motifs is 1. The fraction of sp³-hybridized carbons (Fsp3) is 0.333. The number of nitrogens with one attached hydrogen (secondary N) is 1. The van der Waals surface area contributed by atoms with Gasteiger partial charge in [-0.25, -0.2) is 4.98 Å². The van der Waals surface area contributed by atoms with Crippen LogP contribution in [0.2, 0.25) is 0 Å². The summed E-state index contributed by atoms with van der Waals surface area (Å²) in [6.45, 7) is 1.53. The van der Waals surface area contributed by atoms with E-state index in [1.807, 2.05) is 24.8 Å². The molecule has 1 N–H and O–H groups in total. The van der Waals surface area contributed by atoms with E-state index in [0.717, 1.165) is 18.5 Å². The monoisotopic (exact) mass is 255 g/mol. The van der Waals surface area contributed by atoms with E-state index in [1.54, 1.807) is 0 Å². The van der Waals surface area contributed by atoms with Crippen LogP contribution in [0.1, 0.15) is 36.9 Å². The molecule has 2 aromatic rings. The fourth-order valence-electron chi connectivity index (χ4n) is 2.82. The largest absolute Gasteiger partial charge is 0.330 e. The highest BCUT2D eigenvalue weighted by Gasteiger charge is 2.21. The molecule has 4 nitrogen and oxygen atoms in total. The summed E-state index contributed by atoms with van der Waals surface area (Å²) in [4.78, 5) is 15.3. The molecule has 1 aromatic carbocycles. The molecule has 0 saturated carbocycles. The van der Waals surface area contributed by atoms with Crippen LogP contribution in [0.5, 0.6) is 0 Å². The van der Waals surface area contributed by atoms with Crippen molar-refractivity contribution >= 4 is 11.6 Å². The van der Waals surface area contributed by atoms with E-state index in [2.05, 4.69) is 27.0 Å². The lowest BCUT2D eigenvalue weighted by Gasteiger charge is -2.27. The average Bonchev–Trinajstić information content (AvgIpc) is 2.91. The third kappa shape index (κ3) is 2.38. The van der Waals surface area contributed by atoms with Gasteiger partial charge in [-0.05, 0) is 42.5 Å². The average molecular weight is 255 g/mol. The first kappa shape index (κ1) is 12.0. The highest BCUT2D eigenvalue weighted by molar-refractivity contribution is 5.88. The Balaban J connectivity index is 1.99. The van der Waals surface area contributed by atoms with E-state index in [-0.39, 0.29) is 5.91 Å². The maximum Gasteiger partial charge on any atom is 0.221 e. The third-order valence-corrected chi connectivity index (χ3v) is 3.63. The van der Waals surface area contributed by atoms with Crippen molar-refractivity contribution < 1.29 is 4.79 Å². The van der Waals surface area contributed by atoms with Crippen molar-refractivity contribution in [1.29, 1.82) is 0 Å². The van der Waals surface area contributed by atoms with Gasteiger partial charge in [0.05, 0.1) is 12.4 Å². The Morgan fingerprint density at radius 3 is 3.11 bits per heavy atom. The molecule has 4 heteroatoms. The molecule has 0 radical (unpaired) electrons. The first-order valence-corrected chi connectivity index (χ1v) is 6.62. The van der Waals surface area contributed by atoms with Crippen LogP contribution < -0.4 is 5.32 Å². The molecule has 1 amide bonds. The minimum Gasteiger partial charge on any atom is -0.330 e. The minimum absolute atomic E-state index is 0.0325. The number of carbonyl (C=O) groups is 1. The van der Waals surface area contributed by atoms with Crippen molar-refractivity contribution in [2.45, 2.75) is 32.2 Å². The Morgan fingerprint density at radius 1 is 1.47 bits per heavy atom. The molecule has 1 aliphatic rings. The van der Waals surface area contributed by atoms with Gasteiger partial charge in [0, 0.05) is 25.0 Å². The Labute approximate surface area is 112 Å². The molecule has 98 valence electrons. The second-order valence-corrected chi connectivity index (χ2v) is 5.01. The maximum atomic E-state index is 11.2. The summed E-state index contributed by atoms with van der Waals surface area (Å²) in [7, 11) is 0. The minimum atomic E-state index is -0.0325. The van der Waals surface area contributed by atoms with Crippen LogP contribution in [0.25, 0.3) is 0 Å². The molecule has 3 rings (SSSR count). The number of rotatable bonds is 2. The zero-order valence-corrected chi connectivity index (χ0v) is 11.0. The summed E-state index contributed by atoms with van der Waals surface area (Å²) in [5, 5.41) is 2.86. The Morgan fingerprint density at radius 2 is 2.37 bits per heavy atom. The predicted octanol–water partition coefficient (Wildman–Crippen LogP) is 2.77. The van der Waals surface area contributed by atoms with Crippen LogP contribution in [-0.2, 0) is 11.2 Å². The van der Waals surface area contributed by atoms with Crippen LogP contribution in [-0.4, -0.2) is 15.5 Å². The lowest BCUT2D eigenvalue weighted by Crippen LogP contribution is -2.17. The summed E-state index contributed by atoms with van der Waals surface area (Å²) >= 11 is 0. The number of aromatic nitrogens is 2. The van der Waals surface area contributed by atoms with Crippen molar-refractivity contribution in [3.8, 4) is 0 Å². The lowest BCUT2D eigenvalue weighted by atomic mass is 9.87. The fourth-order valence-corrected chi connectivity index (χ4v) is 2.82. The van der Waals surface area contributed by atoms with Gasteiger partial charge in [0.25, 0.3) is 0 Å². The number of imidazole rings is 1. The SMILES string of the molecule is CC(=O)Nc1ccc2c(c1)C(n1ccnc1)CCC2. The molecule has 0 spiro atoms. The second-order valence-electron chi connectivity index (χ2n) is 5.01. The molecule has 19 heavy (non-hydrogen) atoms. The van der Waals surface area contributed by atoms with Gasteiger partial charge in [-0.2, -0.15) is 0 Å². The Bertz CT molecular complexity index is 589. The van der Waals surface area contributed by atoms with E-state index in [4.69, 9.17) is 0 Å². The van der Waals surface area contributed by atoms with Crippen molar-refractivity contribution in [3.05, 3.63) is 48.0 Å². The summed E-state index contributed by atoms with van der Waals surface area (Å²) in [6, 6.07) is 6.54. The molecule has 0 aliphatic heterocycles. The number of benzene rings is 1.